The Morgan fingerprint density at radius 3 is 1.61 bits per heavy atom. The summed E-state index contributed by atoms with van der Waals surface area (Å²) in [6.07, 6.45) is 1.34. The highest BCUT2D eigenvalue weighted by molar-refractivity contribution is 8.17. The third kappa shape index (κ3) is 13.8. The van der Waals surface area contributed by atoms with Crippen molar-refractivity contribution >= 4 is 47.2 Å². The Bertz CT molecular complexity index is 697. The fourth-order valence-electron chi connectivity index (χ4n) is 3.79. The second-order valence-corrected chi connectivity index (χ2v) is 13.5. The number of nitrogens with one attached hydrogen (secondary N) is 4. The van der Waals surface area contributed by atoms with Crippen molar-refractivity contribution in [3.05, 3.63) is 0 Å². The Balaban J connectivity index is 5.67. The molecular formula is C26H50N4O4S2. The van der Waals surface area contributed by atoms with Crippen LogP contribution < -0.4 is 21.3 Å². The number of carbonyl (C=O) groups excluding carboxylic acids is 4. The lowest BCUT2D eigenvalue weighted by atomic mass is 9.99. The molecule has 0 radical (unpaired) electrons. The molecule has 0 aromatic heterocycles. The lowest BCUT2D eigenvalue weighted by Gasteiger charge is -2.31. The van der Waals surface area contributed by atoms with Gasteiger partial charge in [0.25, 0.3) is 0 Å². The van der Waals surface area contributed by atoms with E-state index < -0.39 is 29.9 Å². The van der Waals surface area contributed by atoms with Gasteiger partial charge < -0.3 is 21.3 Å². The molecule has 0 rings (SSSR count). The van der Waals surface area contributed by atoms with Crippen molar-refractivity contribution in [3.63, 3.8) is 0 Å². The molecule has 36 heavy (non-hydrogen) atoms. The quantitative estimate of drug-likeness (QED) is 0.207. The summed E-state index contributed by atoms with van der Waals surface area (Å²) in [6, 6.07) is -2.33. The molecule has 4 N–H and O–H groups in total. The molecule has 0 aliphatic rings. The first kappa shape index (κ1) is 34.6. The molecule has 0 aliphatic heterocycles. The third-order valence-corrected chi connectivity index (χ3v) is 8.24. The molecule has 0 fully saturated rings. The first-order valence-electron chi connectivity index (χ1n) is 13.1. The van der Waals surface area contributed by atoms with Crippen molar-refractivity contribution in [2.75, 3.05) is 11.5 Å². The largest absolute Gasteiger partial charge is 0.350 e. The van der Waals surface area contributed by atoms with Gasteiger partial charge in [-0.1, -0.05) is 55.4 Å². The Morgan fingerprint density at radius 2 is 1.19 bits per heavy atom. The van der Waals surface area contributed by atoms with Gasteiger partial charge in [-0.2, -0.15) is 0 Å². The SMILES string of the molecule is CCSC(SCC)[C@H](CC(C)C)NC(=O)[C@H](CC(C)C)NC(=O)[C@@H](NC(=O)[C@H](C)NC(C)=O)C(C)C. The lowest BCUT2D eigenvalue weighted by Crippen LogP contribution is -2.58. The van der Waals surface area contributed by atoms with Crippen LogP contribution in [0.4, 0.5) is 0 Å². The van der Waals surface area contributed by atoms with E-state index in [1.165, 1.54) is 6.92 Å². The number of amides is 4. The van der Waals surface area contributed by atoms with Gasteiger partial charge in [-0.05, 0) is 49.0 Å². The monoisotopic (exact) mass is 546 g/mol. The molecule has 0 saturated heterocycles. The van der Waals surface area contributed by atoms with Gasteiger partial charge in [0, 0.05) is 6.92 Å². The van der Waals surface area contributed by atoms with Gasteiger partial charge in [0.15, 0.2) is 0 Å². The van der Waals surface area contributed by atoms with E-state index >= 15 is 0 Å². The summed E-state index contributed by atoms with van der Waals surface area (Å²) in [7, 11) is 0. The number of rotatable bonds is 17. The number of hydrogen-bond donors (Lipinski definition) is 4. The predicted molar refractivity (Wildman–Crippen MR) is 153 cm³/mol. The molecule has 0 aliphatic carbocycles. The average Bonchev–Trinajstić information content (AvgIpc) is 2.74. The van der Waals surface area contributed by atoms with Gasteiger partial charge in [0.1, 0.15) is 18.1 Å². The fraction of sp³-hybridized carbons (Fsp3) is 0.846. The second-order valence-electron chi connectivity index (χ2n) is 10.4. The molecule has 0 unspecified atom stereocenters. The summed E-state index contributed by atoms with van der Waals surface area (Å²) in [5.74, 6) is 0.937. The van der Waals surface area contributed by atoms with Crippen LogP contribution in [0.15, 0.2) is 0 Å². The van der Waals surface area contributed by atoms with E-state index in [0.29, 0.717) is 12.3 Å². The molecule has 0 bridgehead atoms. The van der Waals surface area contributed by atoms with E-state index in [4.69, 9.17) is 0 Å². The van der Waals surface area contributed by atoms with Gasteiger partial charge >= 0.3 is 0 Å². The first-order valence-corrected chi connectivity index (χ1v) is 15.2. The van der Waals surface area contributed by atoms with Crippen molar-refractivity contribution in [2.45, 2.75) is 111 Å². The van der Waals surface area contributed by atoms with Crippen LogP contribution in [0.3, 0.4) is 0 Å². The van der Waals surface area contributed by atoms with Crippen LogP contribution in [0.2, 0.25) is 0 Å². The van der Waals surface area contributed by atoms with E-state index in [9.17, 15) is 19.2 Å². The number of hydrogen-bond acceptors (Lipinski definition) is 6. The fourth-order valence-corrected chi connectivity index (χ4v) is 6.47. The molecule has 0 saturated carbocycles. The van der Waals surface area contributed by atoms with Crippen molar-refractivity contribution < 1.29 is 19.2 Å². The van der Waals surface area contributed by atoms with E-state index in [0.717, 1.165) is 17.9 Å². The molecule has 10 heteroatoms. The van der Waals surface area contributed by atoms with Gasteiger partial charge in [-0.3, -0.25) is 19.2 Å². The standard InChI is InChI=1S/C26H50N4O4S2/c1-11-35-26(36-12-2)21(14-16(5)6)29-24(33)20(13-15(3)4)28-25(34)22(17(7)8)30-23(32)18(9)27-19(10)31/h15-18,20-22,26H,11-14H2,1-10H3,(H,27,31)(H,28,34)(H,29,33)(H,30,32)/t18-,20-,21-,22-/m0/s1. The van der Waals surface area contributed by atoms with Gasteiger partial charge in [0.2, 0.25) is 23.6 Å². The minimum atomic E-state index is -0.832. The summed E-state index contributed by atoms with van der Waals surface area (Å²) in [5.41, 5.74) is 0. The summed E-state index contributed by atoms with van der Waals surface area (Å²) >= 11 is 3.68. The van der Waals surface area contributed by atoms with Gasteiger partial charge in [-0.15, -0.1) is 23.5 Å². The Labute approximate surface area is 227 Å². The van der Waals surface area contributed by atoms with Crippen molar-refractivity contribution in [1.82, 2.24) is 21.3 Å². The van der Waals surface area contributed by atoms with E-state index in [2.05, 4.69) is 49.0 Å². The normalized spacial score (nSPS) is 14.9. The topological polar surface area (TPSA) is 116 Å². The summed E-state index contributed by atoms with van der Waals surface area (Å²) in [6.45, 7) is 19.1. The summed E-state index contributed by atoms with van der Waals surface area (Å²) in [4.78, 5) is 50.6. The third-order valence-electron chi connectivity index (χ3n) is 5.44. The van der Waals surface area contributed by atoms with Gasteiger partial charge in [0.05, 0.1) is 10.6 Å². The van der Waals surface area contributed by atoms with Gasteiger partial charge in [-0.25, -0.2) is 0 Å². The first-order chi connectivity index (χ1) is 16.7. The minimum absolute atomic E-state index is 0.0157. The van der Waals surface area contributed by atoms with E-state index in [-0.39, 0.29) is 34.3 Å². The molecule has 210 valence electrons. The molecule has 0 aromatic rings. The Kier molecular flexibility index (Phi) is 17.2. The van der Waals surface area contributed by atoms with Crippen LogP contribution in [-0.4, -0.2) is 63.9 Å². The highest BCUT2D eigenvalue weighted by Gasteiger charge is 2.32. The summed E-state index contributed by atoms with van der Waals surface area (Å²) < 4.78 is 0.236. The van der Waals surface area contributed by atoms with Crippen LogP contribution in [0.25, 0.3) is 0 Å². The Hall–Kier alpha value is -1.42. The van der Waals surface area contributed by atoms with Crippen LogP contribution in [0.5, 0.6) is 0 Å². The van der Waals surface area contributed by atoms with Crippen LogP contribution in [0, 0.1) is 17.8 Å². The van der Waals surface area contributed by atoms with Crippen molar-refractivity contribution in [1.29, 1.82) is 0 Å². The maximum absolute atomic E-state index is 13.5. The molecule has 8 nitrogen and oxygen atoms in total. The maximum atomic E-state index is 13.5. The zero-order valence-corrected chi connectivity index (χ0v) is 25.5. The van der Waals surface area contributed by atoms with Crippen molar-refractivity contribution in [3.8, 4) is 0 Å². The molecular weight excluding hydrogens is 496 g/mol. The van der Waals surface area contributed by atoms with Crippen LogP contribution in [-0.2, 0) is 19.2 Å². The average molecular weight is 547 g/mol. The highest BCUT2D eigenvalue weighted by Crippen LogP contribution is 2.29. The predicted octanol–water partition coefficient (Wildman–Crippen LogP) is 3.55. The number of carbonyl (C=O) groups is 4. The second kappa shape index (κ2) is 17.9. The summed E-state index contributed by atoms with van der Waals surface area (Å²) in [5, 5.41) is 11.4. The van der Waals surface area contributed by atoms with Crippen molar-refractivity contribution in [2.24, 2.45) is 17.8 Å². The zero-order chi connectivity index (χ0) is 28.0. The van der Waals surface area contributed by atoms with E-state index in [1.807, 2.05) is 51.2 Å². The van der Waals surface area contributed by atoms with E-state index in [1.54, 1.807) is 6.92 Å². The zero-order valence-electron chi connectivity index (χ0n) is 23.9. The Morgan fingerprint density at radius 1 is 0.667 bits per heavy atom. The lowest BCUT2D eigenvalue weighted by molar-refractivity contribution is -0.134. The smallest absolute Gasteiger partial charge is 0.243 e. The maximum Gasteiger partial charge on any atom is 0.243 e. The molecule has 0 aromatic carbocycles. The van der Waals surface area contributed by atoms with Crippen LogP contribution in [0.1, 0.15) is 82.1 Å². The molecule has 0 spiro atoms. The van der Waals surface area contributed by atoms with Crippen LogP contribution >= 0.6 is 23.5 Å². The highest BCUT2D eigenvalue weighted by atomic mass is 32.2. The molecule has 4 amide bonds. The molecule has 0 heterocycles. The number of thioether (sulfide) groups is 2. The molecule has 4 atom stereocenters. The minimum Gasteiger partial charge on any atom is -0.350 e.